The highest BCUT2D eigenvalue weighted by molar-refractivity contribution is 6.69. The Kier molecular flexibility index (Phi) is 6.73. The van der Waals surface area contributed by atoms with Crippen molar-refractivity contribution in [3.63, 3.8) is 0 Å². The van der Waals surface area contributed by atoms with E-state index in [0.29, 0.717) is 5.82 Å². The van der Waals surface area contributed by atoms with Crippen LogP contribution < -0.4 is 49.2 Å². The number of allylic oxidation sites excluding steroid dienone is 1. The molecule has 12 heteroatoms. The molecule has 0 fully saturated rings. The summed E-state index contributed by atoms with van der Waals surface area (Å²) in [4.78, 5) is 0. The monoisotopic (exact) mass is 476 g/mol. The van der Waals surface area contributed by atoms with E-state index in [-0.39, 0.29) is 0 Å². The maximum atomic E-state index is 2.48. The van der Waals surface area contributed by atoms with Gasteiger partial charge in [0, 0.05) is 0 Å². The van der Waals surface area contributed by atoms with E-state index >= 15 is 0 Å². The molecular formula is C26H32B12. The minimum Gasteiger partial charge on any atom is -0.116 e. The Labute approximate surface area is 240 Å². The van der Waals surface area contributed by atoms with E-state index in [1.165, 1.54) is 110 Å². The molecule has 0 spiro atoms. The Morgan fingerprint density at radius 2 is 0.974 bits per heavy atom. The molecule has 1 atom stereocenters. The first-order valence-electron chi connectivity index (χ1n) is 14.2. The number of benzene rings is 4. The first kappa shape index (κ1) is 27.2. The van der Waals surface area contributed by atoms with Gasteiger partial charge in [0.1, 0.15) is 94.2 Å². The maximum absolute atomic E-state index is 2.48. The van der Waals surface area contributed by atoms with Crippen molar-refractivity contribution >= 4 is 160 Å². The fourth-order valence-corrected chi connectivity index (χ4v) is 7.40. The zero-order valence-electron chi connectivity index (χ0n) is 25.9. The molecule has 0 amide bonds. The molecule has 0 radical (unpaired) electrons. The molecule has 0 aliphatic heterocycles. The Hall–Kier alpha value is -2.34. The Morgan fingerprint density at radius 3 is 1.53 bits per heavy atom. The summed E-state index contributed by atoms with van der Waals surface area (Å²) in [7, 11) is 27.8. The van der Waals surface area contributed by atoms with Crippen LogP contribution in [0.3, 0.4) is 0 Å². The predicted molar refractivity (Wildman–Crippen MR) is 208 cm³/mol. The van der Waals surface area contributed by atoms with Gasteiger partial charge < -0.3 is 0 Å². The second-order valence-electron chi connectivity index (χ2n) is 12.1. The van der Waals surface area contributed by atoms with E-state index in [9.17, 15) is 0 Å². The molecule has 0 bridgehead atoms. The van der Waals surface area contributed by atoms with Gasteiger partial charge >= 0.3 is 0 Å². The van der Waals surface area contributed by atoms with Gasteiger partial charge in [0.05, 0.1) is 0 Å². The van der Waals surface area contributed by atoms with Crippen molar-refractivity contribution in [3.8, 4) is 22.3 Å². The smallest absolute Gasteiger partial charge is 0.116 e. The molecule has 5 rings (SSSR count). The van der Waals surface area contributed by atoms with Gasteiger partial charge in [-0.2, -0.15) is 0 Å². The number of hydrogen-bond acceptors (Lipinski definition) is 0. The molecule has 0 N–H and O–H groups in total. The number of rotatable bonds is 2. The first-order valence-corrected chi connectivity index (χ1v) is 14.2. The second kappa shape index (κ2) is 9.39. The number of aryl methyl sites for hydroxylation is 1. The van der Waals surface area contributed by atoms with Crippen LogP contribution in [0.15, 0.2) is 29.7 Å². The fourth-order valence-electron chi connectivity index (χ4n) is 7.40. The van der Waals surface area contributed by atoms with Gasteiger partial charge in [-0.15, -0.1) is 32.8 Å². The van der Waals surface area contributed by atoms with Crippen molar-refractivity contribution in [1.29, 1.82) is 0 Å². The van der Waals surface area contributed by atoms with Crippen LogP contribution in [0.1, 0.15) is 22.5 Å². The summed E-state index contributed by atoms with van der Waals surface area (Å²) in [5, 5.41) is 2.92. The van der Waals surface area contributed by atoms with Crippen molar-refractivity contribution in [2.24, 2.45) is 0 Å². The summed E-state index contributed by atoms with van der Waals surface area (Å²) in [5.41, 5.74) is 25.7. The zero-order chi connectivity index (χ0) is 28.0. The Morgan fingerprint density at radius 1 is 0.526 bits per heavy atom. The van der Waals surface area contributed by atoms with E-state index in [1.54, 1.807) is 0 Å². The van der Waals surface area contributed by atoms with Gasteiger partial charge in [0.15, 0.2) is 0 Å². The van der Waals surface area contributed by atoms with Crippen molar-refractivity contribution < 1.29 is 0 Å². The van der Waals surface area contributed by atoms with Crippen LogP contribution in [0.25, 0.3) is 38.5 Å². The summed E-state index contributed by atoms with van der Waals surface area (Å²) in [6.45, 7) is 2.37. The Balaban J connectivity index is 1.96. The molecule has 0 saturated carbocycles. The molecule has 4 aromatic carbocycles. The molecule has 1 unspecified atom stereocenters. The zero-order valence-corrected chi connectivity index (χ0v) is 25.9. The first-order chi connectivity index (χ1) is 17.8. The average Bonchev–Trinajstić information content (AvgIpc) is 3.12. The number of hydrogen-bond donors (Lipinski definition) is 0. The predicted octanol–water partition coefficient (Wildman–Crippen LogP) is -11.6. The van der Waals surface area contributed by atoms with E-state index < -0.39 is 0 Å². The van der Waals surface area contributed by atoms with Gasteiger partial charge in [0.2, 0.25) is 0 Å². The molecule has 38 heavy (non-hydrogen) atoms. The lowest BCUT2D eigenvalue weighted by molar-refractivity contribution is 1.19. The van der Waals surface area contributed by atoms with Crippen LogP contribution in [-0.4, -0.2) is 94.2 Å². The normalized spacial score (nSPS) is 14.8. The number of fused-ring (bicyclic) bond motifs is 2. The lowest BCUT2D eigenvalue weighted by atomic mass is 9.59. The molecule has 4 aromatic rings. The minimum absolute atomic E-state index is 0.449. The highest BCUT2D eigenvalue weighted by Gasteiger charge is 2.31. The third-order valence-corrected chi connectivity index (χ3v) is 10.7. The Bertz CT molecular complexity index is 1720. The van der Waals surface area contributed by atoms with E-state index in [4.69, 9.17) is 0 Å². The largest absolute Gasteiger partial charge is 0.139 e. The molecule has 1 aliphatic carbocycles. The molecular weight excluding hydrogens is 442 g/mol. The van der Waals surface area contributed by atoms with E-state index in [0.717, 1.165) is 0 Å². The quantitative estimate of drug-likeness (QED) is 0.254. The van der Waals surface area contributed by atoms with Gasteiger partial charge in [-0.25, -0.2) is 0 Å². The van der Waals surface area contributed by atoms with Crippen LogP contribution in [0.5, 0.6) is 0 Å². The standard InChI is InChI=1S/C26H32B12/c1-6-9-13(19(31)21(33)15(9)27)11(14-10(6)16(28)22(34)25(37)20(14)32)7-3-2-4-8(5-7)12-17(29)23(35)26(38)24(36)18(12)30/h2-5,15H,27-38H2,1H3. The van der Waals surface area contributed by atoms with E-state index in [2.05, 4.69) is 125 Å². The molecule has 1 aliphatic rings. The summed E-state index contributed by atoms with van der Waals surface area (Å²) >= 11 is 0. The molecule has 0 aromatic heterocycles. The lowest BCUT2D eigenvalue weighted by Crippen LogP contribution is -2.55. The van der Waals surface area contributed by atoms with Crippen molar-refractivity contribution in [2.45, 2.75) is 12.7 Å². The van der Waals surface area contributed by atoms with Crippen molar-refractivity contribution in [2.75, 3.05) is 0 Å². The summed E-state index contributed by atoms with van der Waals surface area (Å²) < 4.78 is 0. The van der Waals surface area contributed by atoms with Crippen LogP contribution in [0.4, 0.5) is 0 Å². The highest BCUT2D eigenvalue weighted by atomic mass is 14.3. The third kappa shape index (κ3) is 3.61. The molecule has 0 saturated heterocycles. The van der Waals surface area contributed by atoms with Gasteiger partial charge in [-0.1, -0.05) is 45.5 Å². The summed E-state index contributed by atoms with van der Waals surface area (Å²) in [5.74, 6) is 0.449. The topological polar surface area (TPSA) is 0 Å². The van der Waals surface area contributed by atoms with Crippen LogP contribution >= 0.6 is 0 Å². The molecule has 0 heterocycles. The summed E-state index contributed by atoms with van der Waals surface area (Å²) in [6, 6.07) is 9.42. The average molecular weight is 474 g/mol. The highest BCUT2D eigenvalue weighted by Crippen LogP contribution is 2.47. The van der Waals surface area contributed by atoms with Gasteiger partial charge in [-0.3, -0.25) is 0 Å². The lowest BCUT2D eigenvalue weighted by Gasteiger charge is -2.26. The summed E-state index contributed by atoms with van der Waals surface area (Å²) in [6.07, 6.45) is 0. The van der Waals surface area contributed by atoms with E-state index in [1.807, 2.05) is 0 Å². The van der Waals surface area contributed by atoms with Crippen LogP contribution in [0.2, 0.25) is 0 Å². The van der Waals surface area contributed by atoms with Gasteiger partial charge in [0.25, 0.3) is 0 Å². The van der Waals surface area contributed by atoms with Crippen molar-refractivity contribution in [1.82, 2.24) is 0 Å². The third-order valence-electron chi connectivity index (χ3n) is 10.7. The SMILES string of the molecule is BC1=C(B)C(B)c2c1c(-c1cccc(-c3c(B)c(B)c(B)c(B)c3B)c1)c1c(B)c(B)c(B)c(B)c1c2C. The molecule has 172 valence electrons. The maximum Gasteiger partial charge on any atom is 0.139 e. The van der Waals surface area contributed by atoms with Gasteiger partial charge in [-0.05, 0) is 68.5 Å². The fraction of sp³-hybridized carbons (Fsp3) is 0.0769. The second-order valence-corrected chi connectivity index (χ2v) is 12.1. The minimum atomic E-state index is 0.449. The van der Waals surface area contributed by atoms with Crippen LogP contribution in [0, 0.1) is 6.92 Å². The van der Waals surface area contributed by atoms with Crippen LogP contribution in [-0.2, 0) is 0 Å². The van der Waals surface area contributed by atoms with Crippen molar-refractivity contribution in [3.05, 3.63) is 46.4 Å². The molecule has 0 nitrogen and oxygen atoms in total.